The molecule has 2 heterocycles. The van der Waals surface area contributed by atoms with Crippen molar-refractivity contribution >= 4 is 11.9 Å². The first-order valence-corrected chi connectivity index (χ1v) is 8.73. The Hall–Kier alpha value is -1.92. The zero-order valence-electron chi connectivity index (χ0n) is 13.8. The third kappa shape index (κ3) is 2.50. The van der Waals surface area contributed by atoms with E-state index in [-0.39, 0.29) is 11.9 Å². The minimum atomic E-state index is -0.879. The maximum Gasteiger partial charge on any atom is 0.326 e. The lowest BCUT2D eigenvalue weighted by molar-refractivity contribution is -0.134. The maximum atomic E-state index is 13.3. The summed E-state index contributed by atoms with van der Waals surface area (Å²) in [6.07, 6.45) is 3.62. The molecule has 3 amide bonds. The van der Waals surface area contributed by atoms with E-state index < -0.39 is 5.54 Å². The van der Waals surface area contributed by atoms with Crippen LogP contribution in [0.5, 0.6) is 0 Å². The molecule has 0 aromatic heterocycles. The zero-order chi connectivity index (χ0) is 16.6. The molecule has 1 atom stereocenters. The van der Waals surface area contributed by atoms with Gasteiger partial charge in [-0.05, 0) is 36.8 Å². The Bertz CT molecular complexity index is 657. The predicted octanol–water partition coefficient (Wildman–Crippen LogP) is 1.45. The second-order valence-electron chi connectivity index (χ2n) is 6.80. The van der Waals surface area contributed by atoms with Gasteiger partial charge in [0.1, 0.15) is 5.54 Å². The normalized spacial score (nSPS) is 27.9. The fourth-order valence-electron chi connectivity index (χ4n) is 4.04. The third-order valence-electron chi connectivity index (χ3n) is 5.35. The van der Waals surface area contributed by atoms with Crippen molar-refractivity contribution in [3.05, 3.63) is 35.4 Å². The Morgan fingerprint density at radius 1 is 1.12 bits per heavy atom. The van der Waals surface area contributed by atoms with Crippen LogP contribution < -0.4 is 5.32 Å². The van der Waals surface area contributed by atoms with E-state index >= 15 is 0 Å². The van der Waals surface area contributed by atoms with Crippen LogP contribution in [-0.4, -0.2) is 54.7 Å². The third-order valence-corrected chi connectivity index (χ3v) is 5.35. The summed E-state index contributed by atoms with van der Waals surface area (Å²) in [6, 6.07) is 7.76. The lowest BCUT2D eigenvalue weighted by Crippen LogP contribution is -2.48. The first kappa shape index (κ1) is 15.6. The first-order valence-electron chi connectivity index (χ1n) is 8.73. The van der Waals surface area contributed by atoms with Crippen LogP contribution in [-0.2, 0) is 21.5 Å². The molecule has 4 rings (SSSR count). The molecule has 0 radical (unpaired) electrons. The Morgan fingerprint density at radius 3 is 2.75 bits per heavy atom. The van der Waals surface area contributed by atoms with E-state index in [1.54, 1.807) is 0 Å². The van der Waals surface area contributed by atoms with Gasteiger partial charge in [-0.2, -0.15) is 0 Å². The highest BCUT2D eigenvalue weighted by Crippen LogP contribution is 2.38. The number of urea groups is 1. The molecule has 6 nitrogen and oxygen atoms in total. The van der Waals surface area contributed by atoms with Crippen LogP contribution in [0.3, 0.4) is 0 Å². The molecule has 1 aliphatic carbocycles. The number of amides is 3. The Balaban J connectivity index is 1.64. The summed E-state index contributed by atoms with van der Waals surface area (Å²) >= 11 is 0. The molecular weight excluding hydrogens is 306 g/mol. The highest BCUT2D eigenvalue weighted by molar-refractivity contribution is 6.07. The lowest BCUT2D eigenvalue weighted by atomic mass is 9.84. The van der Waals surface area contributed by atoms with Crippen molar-refractivity contribution < 1.29 is 14.3 Å². The van der Waals surface area contributed by atoms with Crippen molar-refractivity contribution in [2.45, 2.75) is 31.2 Å². The molecule has 2 saturated heterocycles. The Labute approximate surface area is 141 Å². The number of rotatable bonds is 2. The minimum Gasteiger partial charge on any atom is -0.379 e. The Kier molecular flexibility index (Phi) is 4.02. The van der Waals surface area contributed by atoms with Crippen LogP contribution in [0.4, 0.5) is 4.79 Å². The summed E-state index contributed by atoms with van der Waals surface area (Å²) < 4.78 is 5.35. The number of carbonyl (C=O) groups is 2. The Morgan fingerprint density at radius 2 is 1.92 bits per heavy atom. The largest absolute Gasteiger partial charge is 0.379 e. The molecule has 2 aliphatic heterocycles. The van der Waals surface area contributed by atoms with E-state index in [1.165, 1.54) is 10.5 Å². The van der Waals surface area contributed by atoms with Gasteiger partial charge in [0.15, 0.2) is 0 Å². The van der Waals surface area contributed by atoms with E-state index in [4.69, 9.17) is 4.74 Å². The van der Waals surface area contributed by atoms with Crippen LogP contribution in [0.25, 0.3) is 0 Å². The van der Waals surface area contributed by atoms with Gasteiger partial charge in [0.2, 0.25) is 0 Å². The fourth-order valence-corrected chi connectivity index (χ4v) is 4.04. The number of hydrogen-bond acceptors (Lipinski definition) is 4. The van der Waals surface area contributed by atoms with Gasteiger partial charge >= 0.3 is 6.03 Å². The minimum absolute atomic E-state index is 0.103. The number of carbonyl (C=O) groups excluding carboxylic acids is 2. The molecule has 0 bridgehead atoms. The van der Waals surface area contributed by atoms with Crippen molar-refractivity contribution in [1.29, 1.82) is 0 Å². The van der Waals surface area contributed by atoms with Gasteiger partial charge in [0, 0.05) is 13.1 Å². The summed E-state index contributed by atoms with van der Waals surface area (Å²) in [4.78, 5) is 29.3. The summed E-state index contributed by atoms with van der Waals surface area (Å²) in [5.74, 6) is -0.103. The number of aryl methyl sites for hydroxylation is 1. The van der Waals surface area contributed by atoms with Gasteiger partial charge < -0.3 is 10.1 Å². The van der Waals surface area contributed by atoms with Crippen molar-refractivity contribution in [1.82, 2.24) is 15.1 Å². The van der Waals surface area contributed by atoms with Crippen molar-refractivity contribution in [3.8, 4) is 0 Å². The van der Waals surface area contributed by atoms with Crippen LogP contribution in [0.1, 0.15) is 30.4 Å². The lowest BCUT2D eigenvalue weighted by Gasteiger charge is -2.31. The van der Waals surface area contributed by atoms with Crippen LogP contribution in [0, 0.1) is 0 Å². The molecule has 2 fully saturated rings. The molecule has 128 valence electrons. The molecule has 3 aliphatic rings. The molecule has 1 aromatic rings. The van der Waals surface area contributed by atoms with Crippen molar-refractivity contribution in [3.63, 3.8) is 0 Å². The molecule has 6 heteroatoms. The predicted molar refractivity (Wildman–Crippen MR) is 88.3 cm³/mol. The first-order chi connectivity index (χ1) is 11.7. The van der Waals surface area contributed by atoms with Crippen molar-refractivity contribution in [2.24, 2.45) is 0 Å². The van der Waals surface area contributed by atoms with E-state index in [2.05, 4.69) is 16.3 Å². The quantitative estimate of drug-likeness (QED) is 0.834. The smallest absolute Gasteiger partial charge is 0.326 e. The van der Waals surface area contributed by atoms with Gasteiger partial charge in [-0.1, -0.05) is 24.3 Å². The summed E-state index contributed by atoms with van der Waals surface area (Å²) in [5.41, 5.74) is 1.28. The highest BCUT2D eigenvalue weighted by atomic mass is 16.5. The molecule has 0 unspecified atom stereocenters. The second-order valence-corrected chi connectivity index (χ2v) is 6.80. The van der Waals surface area contributed by atoms with Gasteiger partial charge in [0.05, 0.1) is 19.9 Å². The summed E-state index contributed by atoms with van der Waals surface area (Å²) in [5, 5.41) is 3.03. The van der Waals surface area contributed by atoms with Crippen LogP contribution >= 0.6 is 0 Å². The molecule has 1 spiro atoms. The van der Waals surface area contributed by atoms with E-state index in [0.717, 1.165) is 37.9 Å². The van der Waals surface area contributed by atoms with Gasteiger partial charge in [-0.15, -0.1) is 0 Å². The molecule has 0 saturated carbocycles. The summed E-state index contributed by atoms with van der Waals surface area (Å²) in [6.45, 7) is 3.15. The topological polar surface area (TPSA) is 61.9 Å². The van der Waals surface area contributed by atoms with Gasteiger partial charge in [-0.25, -0.2) is 9.69 Å². The fraction of sp³-hybridized carbons (Fsp3) is 0.556. The van der Waals surface area contributed by atoms with E-state index in [0.29, 0.717) is 26.3 Å². The number of imide groups is 1. The van der Waals surface area contributed by atoms with Gasteiger partial charge in [-0.3, -0.25) is 9.69 Å². The number of nitrogens with zero attached hydrogens (tertiary/aromatic N) is 2. The SMILES string of the molecule is O=C1N[C@@]2(CCCCc3ccccc32)C(=O)N1CN1CCOCC1. The number of hydrogen-bond donors (Lipinski definition) is 1. The number of nitrogens with one attached hydrogen (secondary N) is 1. The van der Waals surface area contributed by atoms with E-state index in [1.807, 2.05) is 18.2 Å². The zero-order valence-corrected chi connectivity index (χ0v) is 13.8. The molecule has 24 heavy (non-hydrogen) atoms. The van der Waals surface area contributed by atoms with Gasteiger partial charge in [0.25, 0.3) is 5.91 Å². The monoisotopic (exact) mass is 329 g/mol. The number of benzene rings is 1. The number of morpholine rings is 1. The van der Waals surface area contributed by atoms with Crippen LogP contribution in [0.2, 0.25) is 0 Å². The standard InChI is InChI=1S/C18H23N3O3/c22-16-18(8-4-3-6-14-5-1-2-7-15(14)18)19-17(23)21(16)13-20-9-11-24-12-10-20/h1-2,5,7H,3-4,6,8-13H2,(H,19,23)/t18-/m1/s1. The van der Waals surface area contributed by atoms with Crippen molar-refractivity contribution in [2.75, 3.05) is 33.0 Å². The number of ether oxygens (including phenoxy) is 1. The molecule has 1 N–H and O–H groups in total. The average Bonchev–Trinajstić information content (AvgIpc) is 2.76. The summed E-state index contributed by atoms with van der Waals surface area (Å²) in [7, 11) is 0. The molecule has 1 aromatic carbocycles. The average molecular weight is 329 g/mol. The molecular formula is C18H23N3O3. The van der Waals surface area contributed by atoms with E-state index in [9.17, 15) is 9.59 Å². The second kappa shape index (κ2) is 6.18. The van der Waals surface area contributed by atoms with Crippen LogP contribution in [0.15, 0.2) is 24.3 Å². The number of fused-ring (bicyclic) bond motifs is 2. The highest BCUT2D eigenvalue weighted by Gasteiger charge is 2.53. The maximum absolute atomic E-state index is 13.3.